The van der Waals surface area contributed by atoms with E-state index in [-0.39, 0.29) is 0 Å². The van der Waals surface area contributed by atoms with Crippen LogP contribution < -0.4 is 9.12 Å². The van der Waals surface area contributed by atoms with Crippen molar-refractivity contribution in [2.45, 2.75) is 48.5 Å². The van der Waals surface area contributed by atoms with Crippen LogP contribution in [0.5, 0.6) is 0 Å². The molecule has 0 spiro atoms. The summed E-state index contributed by atoms with van der Waals surface area (Å²) in [6.45, 7) is 5.53. The number of hydrogen-bond donors (Lipinski definition) is 1. The van der Waals surface area contributed by atoms with E-state index in [1.807, 2.05) is 39.0 Å². The van der Waals surface area contributed by atoms with Gasteiger partial charge in [0.1, 0.15) is 0 Å². The van der Waals surface area contributed by atoms with Crippen LogP contribution in [0.4, 0.5) is 0 Å². The molecule has 0 aromatic heterocycles. The van der Waals surface area contributed by atoms with Crippen LogP contribution in [0.15, 0.2) is 29.2 Å². The second-order valence-corrected chi connectivity index (χ2v) is 19.0. The molecule has 0 aliphatic carbocycles. The minimum absolute atomic E-state index is 0.371. The number of sulfonamides is 1. The summed E-state index contributed by atoms with van der Waals surface area (Å²) >= 11 is -2.00. The Morgan fingerprint density at radius 3 is 2.11 bits per heavy atom. The van der Waals surface area contributed by atoms with Gasteiger partial charge in [-0.3, -0.25) is 0 Å². The molecule has 0 saturated carbocycles. The van der Waals surface area contributed by atoms with E-state index in [9.17, 15) is 8.42 Å². The van der Waals surface area contributed by atoms with Gasteiger partial charge in [0.2, 0.25) is 0 Å². The molecule has 0 fully saturated rings. The average Bonchev–Trinajstić information content (AvgIpc) is 2.13. The fourth-order valence-electron chi connectivity index (χ4n) is 1.59. The van der Waals surface area contributed by atoms with Crippen molar-refractivity contribution in [2.75, 3.05) is 0 Å². The Morgan fingerprint density at radius 2 is 1.67 bits per heavy atom. The summed E-state index contributed by atoms with van der Waals surface area (Å²) in [6.07, 6.45) is 0. The summed E-state index contributed by atoms with van der Waals surface area (Å²) in [7, 11) is -3.42. The number of rotatable bonds is 3. The molecule has 1 N–H and O–H groups in total. The minimum atomic E-state index is -3.42. The van der Waals surface area contributed by atoms with Crippen molar-refractivity contribution in [1.82, 2.24) is 4.72 Å². The van der Waals surface area contributed by atoms with Crippen molar-refractivity contribution in [1.29, 1.82) is 0 Å². The third-order valence-electron chi connectivity index (χ3n) is 2.45. The number of nitrogens with one attached hydrogen (secondary N) is 1. The maximum absolute atomic E-state index is 12.2. The van der Waals surface area contributed by atoms with Gasteiger partial charge in [-0.25, -0.2) is 0 Å². The zero-order chi connectivity index (χ0) is 14.2. The molecule has 1 aromatic rings. The molecule has 0 aliphatic heterocycles. The van der Waals surface area contributed by atoms with E-state index in [1.165, 1.54) is 4.40 Å². The van der Waals surface area contributed by atoms with E-state index in [4.69, 9.17) is 0 Å². The van der Waals surface area contributed by atoms with Crippen LogP contribution in [0.25, 0.3) is 0 Å². The molecule has 5 heteroatoms. The zero-order valence-corrected chi connectivity index (χ0v) is 14.9. The van der Waals surface area contributed by atoms with E-state index in [0.29, 0.717) is 4.90 Å². The Labute approximate surface area is 113 Å². The van der Waals surface area contributed by atoms with Crippen LogP contribution in [0.2, 0.25) is 17.3 Å². The molecule has 3 nitrogen and oxygen atoms in total. The SMILES string of the molecule is CC(C)(C)NS(=O)(=O)c1ccc[c]([Ge]([CH3])([CH3])[CH3])c1. The van der Waals surface area contributed by atoms with Gasteiger partial charge in [-0.1, -0.05) is 0 Å². The molecule has 0 radical (unpaired) electrons. The van der Waals surface area contributed by atoms with Crippen LogP contribution in [0, 0.1) is 0 Å². The molecule has 1 aromatic carbocycles. The molecule has 0 aliphatic rings. The first kappa shape index (κ1) is 15.7. The molecule has 0 unspecified atom stereocenters. The van der Waals surface area contributed by atoms with E-state index >= 15 is 0 Å². The predicted molar refractivity (Wildman–Crippen MR) is 79.5 cm³/mol. The molecule has 1 rings (SSSR count). The first-order chi connectivity index (χ1) is 7.92. The van der Waals surface area contributed by atoms with E-state index < -0.39 is 28.8 Å². The maximum atomic E-state index is 12.2. The fraction of sp³-hybridized carbons (Fsp3) is 0.538. The van der Waals surface area contributed by atoms with Gasteiger partial charge in [0.15, 0.2) is 0 Å². The Balaban J connectivity index is 3.19. The van der Waals surface area contributed by atoms with Gasteiger partial charge in [0, 0.05) is 0 Å². The molecular formula is C13H23GeNO2S. The summed E-state index contributed by atoms with van der Waals surface area (Å²) in [4.78, 5) is 0.371. The summed E-state index contributed by atoms with van der Waals surface area (Å²) in [5.41, 5.74) is -0.460. The summed E-state index contributed by atoms with van der Waals surface area (Å²) in [6, 6.07) is 7.36. The molecule has 0 heterocycles. The van der Waals surface area contributed by atoms with Gasteiger partial charge in [0.05, 0.1) is 0 Å². The number of hydrogen-bond acceptors (Lipinski definition) is 2. The summed E-state index contributed by atoms with van der Waals surface area (Å²) in [5, 5.41) is 0. The summed E-state index contributed by atoms with van der Waals surface area (Å²) in [5.74, 6) is 6.76. The quantitative estimate of drug-likeness (QED) is 0.865. The molecule has 0 bridgehead atoms. The van der Waals surface area contributed by atoms with Crippen LogP contribution >= 0.6 is 0 Å². The van der Waals surface area contributed by atoms with Gasteiger partial charge in [0.25, 0.3) is 0 Å². The van der Waals surface area contributed by atoms with Crippen LogP contribution in [0.3, 0.4) is 0 Å². The molecule has 0 atom stereocenters. The molecular weight excluding hydrogens is 307 g/mol. The van der Waals surface area contributed by atoms with Crippen molar-refractivity contribution < 1.29 is 8.42 Å². The van der Waals surface area contributed by atoms with Gasteiger partial charge in [-0.05, 0) is 0 Å². The monoisotopic (exact) mass is 331 g/mol. The molecule has 102 valence electrons. The third kappa shape index (κ3) is 4.41. The Bertz CT molecular complexity index is 525. The Morgan fingerprint density at radius 1 is 1.11 bits per heavy atom. The predicted octanol–water partition coefficient (Wildman–Crippen LogP) is 2.31. The molecule has 0 amide bonds. The Kier molecular flexibility index (Phi) is 4.35. The first-order valence-electron chi connectivity index (χ1n) is 6.06. The van der Waals surface area contributed by atoms with Crippen molar-refractivity contribution in [3.63, 3.8) is 0 Å². The molecule has 0 saturated heterocycles. The summed E-state index contributed by atoms with van der Waals surface area (Å²) < 4.78 is 28.4. The molecule has 18 heavy (non-hydrogen) atoms. The van der Waals surface area contributed by atoms with E-state index in [2.05, 4.69) is 22.0 Å². The van der Waals surface area contributed by atoms with Gasteiger partial charge in [-0.15, -0.1) is 0 Å². The van der Waals surface area contributed by atoms with Crippen LogP contribution in [0.1, 0.15) is 20.8 Å². The van der Waals surface area contributed by atoms with Gasteiger partial charge < -0.3 is 0 Å². The number of benzene rings is 1. The zero-order valence-electron chi connectivity index (χ0n) is 12.0. The van der Waals surface area contributed by atoms with E-state index in [1.54, 1.807) is 6.07 Å². The second-order valence-electron chi connectivity index (χ2n) is 6.63. The Hall–Kier alpha value is -0.327. The van der Waals surface area contributed by atoms with Crippen molar-refractivity contribution in [2.24, 2.45) is 0 Å². The van der Waals surface area contributed by atoms with E-state index in [0.717, 1.165) is 0 Å². The first-order valence-corrected chi connectivity index (χ1v) is 14.9. The average molecular weight is 330 g/mol. The van der Waals surface area contributed by atoms with Gasteiger partial charge in [-0.2, -0.15) is 0 Å². The van der Waals surface area contributed by atoms with Gasteiger partial charge >= 0.3 is 114 Å². The fourth-order valence-corrected chi connectivity index (χ4v) is 5.76. The standard InChI is InChI=1S/C13H23GeNO2S/c1-13(2,3)15-18(16,17)12-9-7-8-11(10-12)14(4,5)6/h7-10,15H,1-6H3. The second kappa shape index (κ2) is 4.98. The van der Waals surface area contributed by atoms with Crippen LogP contribution in [-0.2, 0) is 10.0 Å². The van der Waals surface area contributed by atoms with Crippen molar-refractivity contribution >= 4 is 27.7 Å². The topological polar surface area (TPSA) is 46.2 Å². The van der Waals surface area contributed by atoms with Crippen molar-refractivity contribution in [3.05, 3.63) is 24.3 Å². The normalized spacial score (nSPS) is 13.7. The van der Waals surface area contributed by atoms with Crippen molar-refractivity contribution in [3.8, 4) is 0 Å². The van der Waals surface area contributed by atoms with Crippen LogP contribution in [-0.4, -0.2) is 27.2 Å². The third-order valence-corrected chi connectivity index (χ3v) is 8.49.